The first-order valence-corrected chi connectivity index (χ1v) is 8.89. The number of para-hydroxylation sites is 1. The van der Waals surface area contributed by atoms with Gasteiger partial charge in [-0.05, 0) is 24.1 Å². The van der Waals surface area contributed by atoms with Crippen LogP contribution in [0.2, 0.25) is 0 Å². The van der Waals surface area contributed by atoms with Crippen LogP contribution in [-0.2, 0) is 16.0 Å². The summed E-state index contributed by atoms with van der Waals surface area (Å²) in [6.07, 6.45) is 4.27. The summed E-state index contributed by atoms with van der Waals surface area (Å²) in [5.41, 5.74) is 4.91. The van der Waals surface area contributed by atoms with Gasteiger partial charge < -0.3 is 14.6 Å². The number of methoxy groups -OCH3 is 1. The second kappa shape index (κ2) is 6.10. The van der Waals surface area contributed by atoms with E-state index < -0.39 is 0 Å². The molecule has 3 atom stereocenters. The zero-order valence-corrected chi connectivity index (χ0v) is 14.4. The van der Waals surface area contributed by atoms with E-state index in [0.29, 0.717) is 0 Å². The van der Waals surface area contributed by atoms with Crippen LogP contribution in [-0.4, -0.2) is 37.7 Å². The zero-order valence-electron chi connectivity index (χ0n) is 14.4. The van der Waals surface area contributed by atoms with Gasteiger partial charge in [0.2, 0.25) is 0 Å². The number of allylic oxidation sites excluding steroid dienone is 1. The smallest absolute Gasteiger partial charge is 0.315 e. The van der Waals surface area contributed by atoms with E-state index in [-0.39, 0.29) is 17.8 Å². The number of fused-ring (bicyclic) bond motifs is 4. The summed E-state index contributed by atoms with van der Waals surface area (Å²) in [6, 6.07) is 8.39. The molecule has 126 valence electrons. The Bertz CT molecular complexity index is 805. The normalized spacial score (nSPS) is 28.2. The fraction of sp³-hybridized carbons (Fsp3) is 0.450. The third-order valence-corrected chi connectivity index (χ3v) is 5.85. The van der Waals surface area contributed by atoms with Crippen LogP contribution >= 0.6 is 0 Å². The molecule has 3 aliphatic heterocycles. The van der Waals surface area contributed by atoms with Crippen LogP contribution in [0.25, 0.3) is 10.9 Å². The van der Waals surface area contributed by atoms with Gasteiger partial charge in [-0.2, -0.15) is 0 Å². The molecule has 4 heteroatoms. The predicted molar refractivity (Wildman–Crippen MR) is 94.2 cm³/mol. The summed E-state index contributed by atoms with van der Waals surface area (Å²) in [4.78, 5) is 17.9. The van der Waals surface area contributed by atoms with Crippen LogP contribution < -0.4 is 4.90 Å². The first-order valence-electron chi connectivity index (χ1n) is 8.89. The van der Waals surface area contributed by atoms with Gasteiger partial charge in [0.25, 0.3) is 0 Å². The van der Waals surface area contributed by atoms with E-state index in [1.165, 1.54) is 23.6 Å². The topological polar surface area (TPSA) is 46.5 Å². The summed E-state index contributed by atoms with van der Waals surface area (Å²) in [5, 5.41) is 1.25. The van der Waals surface area contributed by atoms with Crippen LogP contribution in [0.4, 0.5) is 0 Å². The van der Waals surface area contributed by atoms with E-state index in [9.17, 15) is 4.79 Å². The van der Waals surface area contributed by atoms with Gasteiger partial charge in [0.1, 0.15) is 5.92 Å². The van der Waals surface area contributed by atoms with Crippen molar-refractivity contribution >= 4 is 16.9 Å². The predicted octanol–water partition coefficient (Wildman–Crippen LogP) is 1.83. The third-order valence-electron chi connectivity index (χ3n) is 5.85. The lowest BCUT2D eigenvalue weighted by Crippen LogP contribution is -3.13. The number of aromatic amines is 1. The number of carbonyl (C=O) groups excluding carboxylic acids is 1. The van der Waals surface area contributed by atoms with E-state index in [2.05, 4.69) is 36.2 Å². The number of quaternary nitrogens is 1. The number of esters is 1. The number of nitrogens with one attached hydrogen (secondary N) is 2. The number of aromatic nitrogens is 1. The van der Waals surface area contributed by atoms with Gasteiger partial charge in [-0.3, -0.25) is 4.79 Å². The maximum atomic E-state index is 12.8. The highest BCUT2D eigenvalue weighted by atomic mass is 16.5. The molecule has 4 nitrogen and oxygen atoms in total. The lowest BCUT2D eigenvalue weighted by molar-refractivity contribution is -0.899. The monoisotopic (exact) mass is 325 g/mol. The van der Waals surface area contributed by atoms with Crippen molar-refractivity contribution in [2.45, 2.75) is 25.7 Å². The number of H-pyrrole nitrogens is 1. The molecule has 0 aliphatic carbocycles. The Morgan fingerprint density at radius 3 is 2.96 bits per heavy atom. The molecule has 3 aliphatic rings. The number of piperidine rings is 1. The Balaban J connectivity index is 1.94. The minimum Gasteiger partial charge on any atom is -0.468 e. The minimum absolute atomic E-state index is 0.113. The van der Waals surface area contributed by atoms with Gasteiger partial charge in [-0.1, -0.05) is 24.3 Å². The second-order valence-corrected chi connectivity index (χ2v) is 7.00. The molecule has 1 aromatic heterocycles. The summed E-state index contributed by atoms with van der Waals surface area (Å²) < 4.78 is 5.23. The van der Waals surface area contributed by atoms with Crippen molar-refractivity contribution in [1.29, 1.82) is 0 Å². The van der Waals surface area contributed by atoms with Crippen molar-refractivity contribution in [3.63, 3.8) is 0 Å². The number of hydrogen-bond donors (Lipinski definition) is 2. The Morgan fingerprint density at radius 1 is 1.33 bits per heavy atom. The number of ether oxygens (including phenoxy) is 1. The van der Waals surface area contributed by atoms with Crippen LogP contribution in [0.1, 0.15) is 30.5 Å². The van der Waals surface area contributed by atoms with Crippen LogP contribution in [0.3, 0.4) is 0 Å². The molecule has 0 radical (unpaired) electrons. The molecule has 24 heavy (non-hydrogen) atoms. The van der Waals surface area contributed by atoms with Crippen LogP contribution in [0, 0.1) is 5.92 Å². The minimum atomic E-state index is -0.219. The Morgan fingerprint density at radius 2 is 2.17 bits per heavy atom. The van der Waals surface area contributed by atoms with E-state index >= 15 is 0 Å². The molecule has 2 N–H and O–H groups in total. The molecule has 2 bridgehead atoms. The maximum Gasteiger partial charge on any atom is 0.315 e. The molecule has 1 fully saturated rings. The van der Waals surface area contributed by atoms with Crippen molar-refractivity contribution in [2.24, 2.45) is 5.92 Å². The van der Waals surface area contributed by atoms with Crippen molar-refractivity contribution in [2.75, 3.05) is 26.7 Å². The quantitative estimate of drug-likeness (QED) is 0.621. The molecule has 0 saturated carbocycles. The zero-order chi connectivity index (χ0) is 16.7. The number of hydrogen-bond acceptors (Lipinski definition) is 2. The molecule has 1 unspecified atom stereocenters. The number of carbonyl (C=O) groups is 1. The van der Waals surface area contributed by atoms with Gasteiger partial charge in [0.15, 0.2) is 0 Å². The van der Waals surface area contributed by atoms with E-state index in [4.69, 9.17) is 4.74 Å². The highest BCUT2D eigenvalue weighted by molar-refractivity contribution is 5.88. The lowest BCUT2D eigenvalue weighted by atomic mass is 9.78. The SMILES string of the molecule is C/C=C1/C[NH+]2CCc3c([nH]c4ccccc34)[C@H](C(=O)OC)[C@H]1CC2. The molecule has 2 aromatic rings. The third kappa shape index (κ3) is 2.37. The molecular formula is C20H25N2O2+. The van der Waals surface area contributed by atoms with Crippen LogP contribution in [0.15, 0.2) is 35.9 Å². The lowest BCUT2D eigenvalue weighted by Gasteiger charge is -2.33. The van der Waals surface area contributed by atoms with Crippen molar-refractivity contribution in [3.05, 3.63) is 47.2 Å². The van der Waals surface area contributed by atoms with Crippen molar-refractivity contribution in [1.82, 2.24) is 4.98 Å². The van der Waals surface area contributed by atoms with Gasteiger partial charge in [0.05, 0.1) is 26.7 Å². The fourth-order valence-corrected chi connectivity index (χ4v) is 4.63. The van der Waals surface area contributed by atoms with Gasteiger partial charge in [-0.25, -0.2) is 0 Å². The van der Waals surface area contributed by atoms with Gasteiger partial charge in [0, 0.05) is 35.4 Å². The Labute approximate surface area is 142 Å². The van der Waals surface area contributed by atoms with E-state index in [1.807, 2.05) is 6.07 Å². The Hall–Kier alpha value is -2.07. The van der Waals surface area contributed by atoms with Gasteiger partial charge in [-0.15, -0.1) is 0 Å². The van der Waals surface area contributed by atoms with Crippen molar-refractivity contribution in [3.8, 4) is 0 Å². The maximum absolute atomic E-state index is 12.8. The first kappa shape index (κ1) is 15.5. The highest BCUT2D eigenvalue weighted by Gasteiger charge is 2.41. The van der Waals surface area contributed by atoms with Gasteiger partial charge >= 0.3 is 5.97 Å². The number of benzene rings is 1. The summed E-state index contributed by atoms with van der Waals surface area (Å²) in [5.74, 6) is -0.0862. The molecule has 4 heterocycles. The second-order valence-electron chi connectivity index (χ2n) is 7.00. The van der Waals surface area contributed by atoms with E-state index in [0.717, 1.165) is 43.7 Å². The molecule has 0 spiro atoms. The summed E-state index contributed by atoms with van der Waals surface area (Å²) in [6.45, 7) is 5.41. The fourth-order valence-electron chi connectivity index (χ4n) is 4.63. The first-order chi connectivity index (χ1) is 11.7. The standard InChI is InChI=1S/C20H24N2O2/c1-3-13-12-22-10-8-14(13)18(20(23)24-2)19-16(9-11-22)15-6-4-5-7-17(15)21-19/h3-7,14,18,21H,8-12H2,1-2H3/p+1/b13-3-/t14-,18+/m0/s1. The Kier molecular flexibility index (Phi) is 3.93. The molecule has 1 saturated heterocycles. The summed E-state index contributed by atoms with van der Waals surface area (Å²) >= 11 is 0. The molecule has 0 amide bonds. The molecule has 1 aromatic carbocycles. The number of rotatable bonds is 1. The average Bonchev–Trinajstić information content (AvgIpc) is 3.02. The van der Waals surface area contributed by atoms with E-state index in [1.54, 1.807) is 4.90 Å². The largest absolute Gasteiger partial charge is 0.468 e. The molecular weight excluding hydrogens is 300 g/mol. The molecule has 5 rings (SSSR count). The van der Waals surface area contributed by atoms with Crippen LogP contribution in [0.5, 0.6) is 0 Å². The highest BCUT2D eigenvalue weighted by Crippen LogP contribution is 2.39. The summed E-state index contributed by atoms with van der Waals surface area (Å²) in [7, 11) is 1.51. The average molecular weight is 325 g/mol. The van der Waals surface area contributed by atoms with Crippen molar-refractivity contribution < 1.29 is 14.4 Å².